The van der Waals surface area contributed by atoms with E-state index in [0.717, 1.165) is 48.8 Å². The van der Waals surface area contributed by atoms with Crippen LogP contribution in [-0.4, -0.2) is 30.5 Å². The minimum absolute atomic E-state index is 0.0683. The van der Waals surface area contributed by atoms with Gasteiger partial charge in [-0.2, -0.15) is 13.2 Å². The van der Waals surface area contributed by atoms with Crippen molar-refractivity contribution in [2.24, 2.45) is 5.92 Å². The van der Waals surface area contributed by atoms with Gasteiger partial charge in [0.1, 0.15) is 0 Å². The summed E-state index contributed by atoms with van der Waals surface area (Å²) in [6.45, 7) is 2.49. The van der Waals surface area contributed by atoms with Crippen LogP contribution in [0.4, 0.5) is 18.3 Å². The number of thiazole rings is 1. The second-order valence-corrected chi connectivity index (χ2v) is 7.64. The second kappa shape index (κ2) is 8.73. The maximum atomic E-state index is 12.6. The molecule has 1 unspecified atom stereocenters. The molecule has 2 aromatic rings. The summed E-state index contributed by atoms with van der Waals surface area (Å²) in [7, 11) is 0. The minimum Gasteiger partial charge on any atom is -0.356 e. The molecule has 1 fully saturated rings. The number of benzene rings is 1. The molecule has 0 spiro atoms. The molecule has 3 rings (SSSR count). The molecule has 8 heteroatoms. The zero-order valence-corrected chi connectivity index (χ0v) is 15.7. The van der Waals surface area contributed by atoms with E-state index in [1.807, 2.05) is 5.38 Å². The van der Waals surface area contributed by atoms with E-state index in [1.54, 1.807) is 17.5 Å². The number of aryl methyl sites for hydroxylation is 1. The van der Waals surface area contributed by atoms with E-state index >= 15 is 0 Å². The van der Waals surface area contributed by atoms with Crippen LogP contribution in [0.15, 0.2) is 35.8 Å². The van der Waals surface area contributed by atoms with Gasteiger partial charge in [-0.1, -0.05) is 12.1 Å². The standard InChI is InChI=1S/C19H22F3N3OS/c20-19(21,22)16-6-3-14(4-7-16)5-8-17(26)24-12-15-2-1-10-25(13-15)18-23-9-11-27-18/h3-4,6-7,9,11,15H,1-2,5,8,10,12-13H2,(H,24,26). The van der Waals surface area contributed by atoms with Crippen molar-refractivity contribution in [2.75, 3.05) is 24.5 Å². The quantitative estimate of drug-likeness (QED) is 0.797. The van der Waals surface area contributed by atoms with E-state index < -0.39 is 11.7 Å². The van der Waals surface area contributed by atoms with E-state index in [0.29, 0.717) is 18.9 Å². The third kappa shape index (κ3) is 5.69. The highest BCUT2D eigenvalue weighted by Gasteiger charge is 2.29. The van der Waals surface area contributed by atoms with Gasteiger partial charge in [0.2, 0.25) is 5.91 Å². The molecule has 0 bridgehead atoms. The normalized spacial score (nSPS) is 17.7. The van der Waals surface area contributed by atoms with Crippen molar-refractivity contribution in [2.45, 2.75) is 31.9 Å². The van der Waals surface area contributed by atoms with Gasteiger partial charge in [0.25, 0.3) is 0 Å². The molecule has 1 amide bonds. The Morgan fingerprint density at radius 3 is 2.74 bits per heavy atom. The summed E-state index contributed by atoms with van der Waals surface area (Å²) >= 11 is 1.62. The molecule has 1 aliphatic heterocycles. The first-order valence-corrected chi connectivity index (χ1v) is 9.87. The molecule has 0 saturated carbocycles. The number of hydrogen-bond acceptors (Lipinski definition) is 4. The Labute approximate surface area is 160 Å². The molecular weight excluding hydrogens is 375 g/mol. The first-order chi connectivity index (χ1) is 12.9. The van der Waals surface area contributed by atoms with Crippen LogP contribution >= 0.6 is 11.3 Å². The number of aromatic nitrogens is 1. The maximum absolute atomic E-state index is 12.6. The highest BCUT2D eigenvalue weighted by atomic mass is 32.1. The first kappa shape index (κ1) is 19.7. The number of nitrogens with zero attached hydrogens (tertiary/aromatic N) is 2. The summed E-state index contributed by atoms with van der Waals surface area (Å²) in [5.41, 5.74) is 0.0588. The van der Waals surface area contributed by atoms with Crippen LogP contribution in [0, 0.1) is 5.92 Å². The van der Waals surface area contributed by atoms with Crippen LogP contribution in [0.3, 0.4) is 0 Å². The lowest BCUT2D eigenvalue weighted by Crippen LogP contribution is -2.41. The first-order valence-electron chi connectivity index (χ1n) is 8.99. The number of hydrogen-bond donors (Lipinski definition) is 1. The molecule has 1 aliphatic rings. The van der Waals surface area contributed by atoms with Crippen molar-refractivity contribution < 1.29 is 18.0 Å². The summed E-state index contributed by atoms with van der Waals surface area (Å²) < 4.78 is 37.7. The lowest BCUT2D eigenvalue weighted by molar-refractivity contribution is -0.137. The molecule has 1 saturated heterocycles. The molecule has 2 heterocycles. The Morgan fingerprint density at radius 2 is 2.07 bits per heavy atom. The fourth-order valence-corrected chi connectivity index (χ4v) is 3.92. The van der Waals surface area contributed by atoms with Crippen LogP contribution < -0.4 is 10.2 Å². The van der Waals surface area contributed by atoms with Gasteiger partial charge in [-0.05, 0) is 42.9 Å². The fourth-order valence-electron chi connectivity index (χ4n) is 3.24. The van der Waals surface area contributed by atoms with Crippen molar-refractivity contribution in [3.8, 4) is 0 Å². The topological polar surface area (TPSA) is 45.2 Å². The van der Waals surface area contributed by atoms with Gasteiger partial charge < -0.3 is 10.2 Å². The van der Waals surface area contributed by atoms with E-state index in [1.165, 1.54) is 12.1 Å². The SMILES string of the molecule is O=C(CCc1ccc(C(F)(F)F)cc1)NCC1CCCN(c2nccs2)C1. The molecule has 27 heavy (non-hydrogen) atoms. The maximum Gasteiger partial charge on any atom is 0.416 e. The number of amides is 1. The molecule has 4 nitrogen and oxygen atoms in total. The number of alkyl halides is 3. The van der Waals surface area contributed by atoms with Gasteiger partial charge in [0, 0.05) is 37.6 Å². The molecule has 146 valence electrons. The van der Waals surface area contributed by atoms with Crippen molar-refractivity contribution in [1.29, 1.82) is 0 Å². The number of carbonyl (C=O) groups is 1. The van der Waals surface area contributed by atoms with Crippen LogP contribution in [0.5, 0.6) is 0 Å². The molecule has 1 aromatic heterocycles. The number of carbonyl (C=O) groups excluding carboxylic acids is 1. The van der Waals surface area contributed by atoms with Crippen molar-refractivity contribution >= 4 is 22.4 Å². The Balaban J connectivity index is 1.40. The summed E-state index contributed by atoms with van der Waals surface area (Å²) in [5, 5.41) is 5.94. The monoisotopic (exact) mass is 397 g/mol. The number of anilines is 1. The summed E-state index contributed by atoms with van der Waals surface area (Å²) in [5.74, 6) is 0.318. The minimum atomic E-state index is -4.33. The Morgan fingerprint density at radius 1 is 1.30 bits per heavy atom. The predicted molar refractivity (Wildman–Crippen MR) is 99.8 cm³/mol. The second-order valence-electron chi connectivity index (χ2n) is 6.77. The van der Waals surface area contributed by atoms with E-state index in [2.05, 4.69) is 15.2 Å². The smallest absolute Gasteiger partial charge is 0.356 e. The van der Waals surface area contributed by atoms with Crippen LogP contribution in [0.25, 0.3) is 0 Å². The lowest BCUT2D eigenvalue weighted by Gasteiger charge is -2.32. The number of piperidine rings is 1. The average molecular weight is 397 g/mol. The van der Waals surface area contributed by atoms with Gasteiger partial charge in [0.05, 0.1) is 5.56 Å². The van der Waals surface area contributed by atoms with Crippen molar-refractivity contribution in [3.05, 3.63) is 47.0 Å². The molecule has 0 aliphatic carbocycles. The summed E-state index contributed by atoms with van der Waals surface area (Å²) in [4.78, 5) is 18.7. The Kier molecular flexibility index (Phi) is 6.36. The third-order valence-electron chi connectivity index (χ3n) is 4.72. The van der Waals surface area contributed by atoms with E-state index in [-0.39, 0.29) is 12.3 Å². The van der Waals surface area contributed by atoms with Crippen LogP contribution in [-0.2, 0) is 17.4 Å². The fraction of sp³-hybridized carbons (Fsp3) is 0.474. The van der Waals surface area contributed by atoms with Crippen LogP contribution in [0.2, 0.25) is 0 Å². The molecule has 1 N–H and O–H groups in total. The largest absolute Gasteiger partial charge is 0.416 e. The van der Waals surface area contributed by atoms with E-state index in [9.17, 15) is 18.0 Å². The number of nitrogens with one attached hydrogen (secondary N) is 1. The summed E-state index contributed by atoms with van der Waals surface area (Å²) in [6.07, 6.45) is 0.315. The number of rotatable bonds is 6. The average Bonchev–Trinajstić information content (AvgIpc) is 3.19. The van der Waals surface area contributed by atoms with Gasteiger partial charge in [-0.25, -0.2) is 4.98 Å². The highest BCUT2D eigenvalue weighted by Crippen LogP contribution is 2.29. The van der Waals surface area contributed by atoms with E-state index in [4.69, 9.17) is 0 Å². The van der Waals surface area contributed by atoms with Gasteiger partial charge in [-0.15, -0.1) is 11.3 Å². The Hall–Kier alpha value is -2.09. The van der Waals surface area contributed by atoms with Crippen molar-refractivity contribution in [1.82, 2.24) is 10.3 Å². The number of halogens is 3. The lowest BCUT2D eigenvalue weighted by atomic mass is 9.98. The zero-order chi connectivity index (χ0) is 19.3. The zero-order valence-electron chi connectivity index (χ0n) is 14.8. The highest BCUT2D eigenvalue weighted by molar-refractivity contribution is 7.13. The molecular formula is C19H22F3N3OS. The van der Waals surface area contributed by atoms with Gasteiger partial charge in [-0.3, -0.25) is 4.79 Å². The molecule has 1 atom stereocenters. The van der Waals surface area contributed by atoms with Gasteiger partial charge >= 0.3 is 6.18 Å². The molecule has 0 radical (unpaired) electrons. The third-order valence-corrected chi connectivity index (χ3v) is 5.55. The molecule has 1 aromatic carbocycles. The summed E-state index contributed by atoms with van der Waals surface area (Å²) in [6, 6.07) is 4.98. The van der Waals surface area contributed by atoms with Crippen molar-refractivity contribution in [3.63, 3.8) is 0 Å². The Bertz CT molecular complexity index is 732. The van der Waals surface area contributed by atoms with Crippen LogP contribution in [0.1, 0.15) is 30.4 Å². The predicted octanol–water partition coefficient (Wildman–Crippen LogP) is 4.13. The van der Waals surface area contributed by atoms with Gasteiger partial charge in [0.15, 0.2) is 5.13 Å².